The van der Waals surface area contributed by atoms with Crippen molar-refractivity contribution < 1.29 is 9.72 Å². The largest absolute Gasteiger partial charge is 0.375 e. The summed E-state index contributed by atoms with van der Waals surface area (Å²) in [5.41, 5.74) is 1.70. The van der Waals surface area contributed by atoms with E-state index in [2.05, 4.69) is 10.6 Å². The topological polar surface area (TPSA) is 87.5 Å². The molecule has 1 aliphatic rings. The van der Waals surface area contributed by atoms with Crippen LogP contribution in [0.5, 0.6) is 0 Å². The maximum atomic E-state index is 12.7. The molecule has 1 saturated heterocycles. The number of carbonyl (C=O) groups excluding carboxylic acids is 1. The van der Waals surface area contributed by atoms with Crippen LogP contribution in [0.2, 0.25) is 0 Å². The zero-order valence-electron chi connectivity index (χ0n) is 14.9. The van der Waals surface area contributed by atoms with Gasteiger partial charge >= 0.3 is 0 Å². The Labute approximate surface area is 164 Å². The van der Waals surface area contributed by atoms with Gasteiger partial charge in [-0.25, -0.2) is 0 Å². The highest BCUT2D eigenvalue weighted by atomic mass is 35.5. The minimum Gasteiger partial charge on any atom is -0.375 e. The second kappa shape index (κ2) is 9.89. The van der Waals surface area contributed by atoms with Crippen LogP contribution < -0.4 is 10.6 Å². The Hall–Kier alpha value is -2.64. The maximum absolute atomic E-state index is 12.7. The number of nitro benzene ring substituents is 1. The van der Waals surface area contributed by atoms with E-state index in [1.807, 2.05) is 30.3 Å². The molecule has 7 nitrogen and oxygen atoms in total. The molecule has 1 amide bonds. The SMILES string of the molecule is Cl.O=C(c1ccc(NCc2ccccc2)c([N+](=O)[O-])c1)N1CCCNCC1. The van der Waals surface area contributed by atoms with E-state index < -0.39 is 4.92 Å². The molecule has 0 atom stereocenters. The molecule has 1 heterocycles. The van der Waals surface area contributed by atoms with Crippen molar-refractivity contribution >= 4 is 29.7 Å². The van der Waals surface area contributed by atoms with Gasteiger partial charge in [0, 0.05) is 37.8 Å². The Morgan fingerprint density at radius 1 is 1.15 bits per heavy atom. The molecule has 0 aliphatic carbocycles. The van der Waals surface area contributed by atoms with Crippen LogP contribution in [-0.4, -0.2) is 41.9 Å². The first-order chi connectivity index (χ1) is 12.6. The van der Waals surface area contributed by atoms with Gasteiger partial charge in [-0.3, -0.25) is 14.9 Å². The van der Waals surface area contributed by atoms with Gasteiger partial charge in [0.15, 0.2) is 0 Å². The lowest BCUT2D eigenvalue weighted by molar-refractivity contribution is -0.384. The third kappa shape index (κ3) is 5.42. The average molecular weight is 391 g/mol. The Morgan fingerprint density at radius 2 is 1.93 bits per heavy atom. The fourth-order valence-corrected chi connectivity index (χ4v) is 2.99. The van der Waals surface area contributed by atoms with Crippen molar-refractivity contribution in [2.45, 2.75) is 13.0 Å². The summed E-state index contributed by atoms with van der Waals surface area (Å²) in [5, 5.41) is 17.8. The van der Waals surface area contributed by atoms with Crippen LogP contribution in [0.3, 0.4) is 0 Å². The minimum absolute atomic E-state index is 0. The molecule has 3 rings (SSSR count). The van der Waals surface area contributed by atoms with Crippen LogP contribution in [-0.2, 0) is 6.54 Å². The quantitative estimate of drug-likeness (QED) is 0.605. The van der Waals surface area contributed by atoms with E-state index in [0.717, 1.165) is 25.1 Å². The number of amides is 1. The van der Waals surface area contributed by atoms with E-state index in [4.69, 9.17) is 0 Å². The smallest absolute Gasteiger partial charge is 0.293 e. The zero-order chi connectivity index (χ0) is 18.4. The molecule has 0 radical (unpaired) electrons. The summed E-state index contributed by atoms with van der Waals surface area (Å²) in [4.78, 5) is 25.4. The van der Waals surface area contributed by atoms with E-state index >= 15 is 0 Å². The lowest BCUT2D eigenvalue weighted by Crippen LogP contribution is -2.34. The summed E-state index contributed by atoms with van der Waals surface area (Å²) < 4.78 is 0. The summed E-state index contributed by atoms with van der Waals surface area (Å²) in [7, 11) is 0. The first-order valence-corrected chi connectivity index (χ1v) is 8.71. The van der Waals surface area contributed by atoms with Gasteiger partial charge in [0.1, 0.15) is 5.69 Å². The fourth-order valence-electron chi connectivity index (χ4n) is 2.99. The number of carbonyl (C=O) groups is 1. The highest BCUT2D eigenvalue weighted by molar-refractivity contribution is 5.95. The molecule has 8 heteroatoms. The molecule has 0 saturated carbocycles. The van der Waals surface area contributed by atoms with E-state index in [9.17, 15) is 14.9 Å². The summed E-state index contributed by atoms with van der Waals surface area (Å²) in [5.74, 6) is -0.161. The third-order valence-corrected chi connectivity index (χ3v) is 4.39. The Bertz CT molecular complexity index is 778. The van der Waals surface area contributed by atoms with Crippen LogP contribution in [0.1, 0.15) is 22.3 Å². The number of rotatable bonds is 5. The van der Waals surface area contributed by atoms with Gasteiger partial charge in [-0.1, -0.05) is 30.3 Å². The van der Waals surface area contributed by atoms with Crippen LogP contribution >= 0.6 is 12.4 Å². The van der Waals surface area contributed by atoms with Gasteiger partial charge in [0.25, 0.3) is 11.6 Å². The number of hydrogen-bond donors (Lipinski definition) is 2. The Kier molecular flexibility index (Phi) is 7.57. The van der Waals surface area contributed by atoms with Gasteiger partial charge in [-0.05, 0) is 30.7 Å². The van der Waals surface area contributed by atoms with Crippen LogP contribution in [0, 0.1) is 10.1 Å². The molecule has 0 spiro atoms. The molecule has 0 aromatic heterocycles. The standard InChI is InChI=1S/C19H22N4O3.ClH/c24-19(22-11-4-9-20-10-12-22)16-7-8-17(18(13-16)23(25)26)21-14-15-5-2-1-3-6-15;/h1-3,5-8,13,20-21H,4,9-12,14H2;1H. The van der Waals surface area contributed by atoms with Crippen molar-refractivity contribution in [1.82, 2.24) is 10.2 Å². The lowest BCUT2D eigenvalue weighted by Gasteiger charge is -2.20. The number of nitrogens with one attached hydrogen (secondary N) is 2. The molecular formula is C19H23ClN4O3. The van der Waals surface area contributed by atoms with Crippen LogP contribution in [0.4, 0.5) is 11.4 Å². The monoisotopic (exact) mass is 390 g/mol. The Balaban J connectivity index is 0.00000261. The molecule has 0 bridgehead atoms. The zero-order valence-corrected chi connectivity index (χ0v) is 15.7. The summed E-state index contributed by atoms with van der Waals surface area (Å²) in [6.07, 6.45) is 0.880. The van der Waals surface area contributed by atoms with Crippen molar-refractivity contribution in [3.05, 3.63) is 69.8 Å². The summed E-state index contributed by atoms with van der Waals surface area (Å²) in [6.45, 7) is 3.37. The Morgan fingerprint density at radius 3 is 2.67 bits per heavy atom. The molecule has 1 fully saturated rings. The lowest BCUT2D eigenvalue weighted by atomic mass is 10.1. The van der Waals surface area contributed by atoms with Gasteiger partial charge in [-0.2, -0.15) is 0 Å². The predicted octanol–water partition coefficient (Wildman–Crippen LogP) is 3.06. The fraction of sp³-hybridized carbons (Fsp3) is 0.316. The van der Waals surface area contributed by atoms with Crippen molar-refractivity contribution in [2.75, 3.05) is 31.5 Å². The van der Waals surface area contributed by atoms with Crippen LogP contribution in [0.15, 0.2) is 48.5 Å². The second-order valence-electron chi connectivity index (χ2n) is 6.22. The predicted molar refractivity (Wildman–Crippen MR) is 108 cm³/mol. The normalized spacial score (nSPS) is 14.0. The molecule has 2 aromatic rings. The van der Waals surface area contributed by atoms with Crippen molar-refractivity contribution in [3.63, 3.8) is 0 Å². The highest BCUT2D eigenvalue weighted by Crippen LogP contribution is 2.27. The van der Waals surface area contributed by atoms with E-state index in [-0.39, 0.29) is 24.0 Å². The highest BCUT2D eigenvalue weighted by Gasteiger charge is 2.21. The van der Waals surface area contributed by atoms with Crippen molar-refractivity contribution in [2.24, 2.45) is 0 Å². The van der Waals surface area contributed by atoms with Gasteiger partial charge < -0.3 is 15.5 Å². The minimum atomic E-state index is -0.450. The van der Waals surface area contributed by atoms with Crippen molar-refractivity contribution in [1.29, 1.82) is 0 Å². The number of nitro groups is 1. The molecule has 2 aromatic carbocycles. The van der Waals surface area contributed by atoms with E-state index in [1.54, 1.807) is 17.0 Å². The maximum Gasteiger partial charge on any atom is 0.293 e. The van der Waals surface area contributed by atoms with E-state index in [1.165, 1.54) is 6.07 Å². The molecule has 27 heavy (non-hydrogen) atoms. The van der Waals surface area contributed by atoms with Crippen molar-refractivity contribution in [3.8, 4) is 0 Å². The molecular weight excluding hydrogens is 368 g/mol. The second-order valence-corrected chi connectivity index (χ2v) is 6.22. The first-order valence-electron chi connectivity index (χ1n) is 8.71. The molecule has 144 valence electrons. The molecule has 1 aliphatic heterocycles. The summed E-state index contributed by atoms with van der Waals surface area (Å²) in [6, 6.07) is 14.3. The van der Waals surface area contributed by atoms with Crippen LogP contribution in [0.25, 0.3) is 0 Å². The number of anilines is 1. The molecule has 2 N–H and O–H groups in total. The van der Waals surface area contributed by atoms with E-state index in [0.29, 0.717) is 30.9 Å². The van der Waals surface area contributed by atoms with Gasteiger partial charge in [0.2, 0.25) is 0 Å². The number of halogens is 1. The number of hydrogen-bond acceptors (Lipinski definition) is 5. The average Bonchev–Trinajstić information content (AvgIpc) is 2.96. The number of benzene rings is 2. The first kappa shape index (κ1) is 20.7. The third-order valence-electron chi connectivity index (χ3n) is 4.39. The molecule has 0 unspecified atom stereocenters. The van der Waals surface area contributed by atoms with Gasteiger partial charge in [0.05, 0.1) is 4.92 Å². The summed E-state index contributed by atoms with van der Waals surface area (Å²) >= 11 is 0. The van der Waals surface area contributed by atoms with Gasteiger partial charge in [-0.15, -0.1) is 12.4 Å². The number of nitrogens with zero attached hydrogens (tertiary/aromatic N) is 2.